The van der Waals surface area contributed by atoms with Gasteiger partial charge in [0, 0.05) is 0 Å². The van der Waals surface area contributed by atoms with E-state index in [1.807, 2.05) is 25.1 Å². The van der Waals surface area contributed by atoms with Crippen LogP contribution in [0, 0.1) is 6.92 Å². The number of aromatic nitrogens is 3. The highest BCUT2D eigenvalue weighted by Gasteiger charge is 2.09. The Bertz CT molecular complexity index is 479. The van der Waals surface area contributed by atoms with Gasteiger partial charge in [-0.05, 0) is 18.6 Å². The maximum absolute atomic E-state index is 8.96. The average molecular weight is 222 g/mol. The third-order valence-electron chi connectivity index (χ3n) is 2.48. The number of aliphatic hydroxyl groups is 2. The van der Waals surface area contributed by atoms with E-state index in [9.17, 15) is 0 Å². The molecular formula is C10H14N4O2. The normalized spacial score (nSPS) is 11.5. The lowest BCUT2D eigenvalue weighted by Gasteiger charge is -2.15. The summed E-state index contributed by atoms with van der Waals surface area (Å²) < 4.78 is 1.65. The van der Waals surface area contributed by atoms with Crippen molar-refractivity contribution in [2.75, 3.05) is 13.5 Å². The number of nitrogens with zero attached hydrogens (tertiary/aromatic N) is 4. The first-order valence-corrected chi connectivity index (χ1v) is 4.99. The van der Waals surface area contributed by atoms with E-state index in [2.05, 4.69) is 10.3 Å². The predicted octanol–water partition coefficient (Wildman–Crippen LogP) is -0.101. The minimum absolute atomic E-state index is 0.219. The number of fused-ring (bicyclic) bond motifs is 1. The lowest BCUT2D eigenvalue weighted by atomic mass is 10.2. The predicted molar refractivity (Wildman–Crippen MR) is 58.3 cm³/mol. The fraction of sp³-hybridized carbons (Fsp3) is 0.400. The lowest BCUT2D eigenvalue weighted by molar-refractivity contribution is 0.00448. The highest BCUT2D eigenvalue weighted by molar-refractivity contribution is 5.77. The first-order chi connectivity index (χ1) is 7.76. The molecule has 16 heavy (non-hydrogen) atoms. The zero-order valence-corrected chi connectivity index (χ0v) is 9.04. The van der Waals surface area contributed by atoms with Crippen molar-refractivity contribution in [3.8, 4) is 0 Å². The Balaban J connectivity index is 2.35. The molecule has 0 spiro atoms. The minimum Gasteiger partial charge on any atom is -0.381 e. The molecule has 0 amide bonds. The second-order valence-electron chi connectivity index (χ2n) is 3.63. The molecule has 0 radical (unpaired) electrons. The van der Waals surface area contributed by atoms with Crippen LogP contribution in [0.25, 0.3) is 11.0 Å². The third-order valence-corrected chi connectivity index (χ3v) is 2.48. The maximum Gasteiger partial charge on any atom is 0.116 e. The number of aryl methyl sites for hydroxylation is 1. The van der Waals surface area contributed by atoms with Gasteiger partial charge in [0.15, 0.2) is 0 Å². The summed E-state index contributed by atoms with van der Waals surface area (Å²) in [5.41, 5.74) is 2.80. The largest absolute Gasteiger partial charge is 0.381 e. The van der Waals surface area contributed by atoms with Crippen molar-refractivity contribution in [2.45, 2.75) is 13.6 Å². The molecule has 6 heteroatoms. The van der Waals surface area contributed by atoms with Gasteiger partial charge in [-0.1, -0.05) is 17.3 Å². The number of benzene rings is 1. The fourth-order valence-corrected chi connectivity index (χ4v) is 1.56. The van der Waals surface area contributed by atoms with Gasteiger partial charge in [-0.25, -0.2) is 9.58 Å². The van der Waals surface area contributed by atoms with Crippen molar-refractivity contribution < 1.29 is 10.2 Å². The van der Waals surface area contributed by atoms with Gasteiger partial charge in [0.25, 0.3) is 0 Å². The summed E-state index contributed by atoms with van der Waals surface area (Å²) in [6, 6.07) is 5.81. The molecule has 2 N–H and O–H groups in total. The molecule has 0 aliphatic rings. The summed E-state index contributed by atoms with van der Waals surface area (Å²) in [4.78, 5) is 1.43. The van der Waals surface area contributed by atoms with Crippen molar-refractivity contribution in [3.05, 3.63) is 23.8 Å². The molecule has 0 saturated heterocycles. The van der Waals surface area contributed by atoms with Crippen LogP contribution in [0.3, 0.4) is 0 Å². The summed E-state index contributed by atoms with van der Waals surface area (Å²) in [6.07, 6.45) is 0. The van der Waals surface area contributed by atoms with Crippen LogP contribution in [0.1, 0.15) is 5.56 Å². The summed E-state index contributed by atoms with van der Waals surface area (Å²) in [6.45, 7) is 1.84. The van der Waals surface area contributed by atoms with Crippen molar-refractivity contribution in [2.24, 2.45) is 0 Å². The van der Waals surface area contributed by atoms with Gasteiger partial charge in [-0.2, -0.15) is 0 Å². The van der Waals surface area contributed by atoms with E-state index in [1.165, 1.54) is 4.90 Å². The lowest BCUT2D eigenvalue weighted by Crippen LogP contribution is -2.28. The molecule has 0 bridgehead atoms. The van der Waals surface area contributed by atoms with Crippen LogP contribution in [0.2, 0.25) is 0 Å². The molecular weight excluding hydrogens is 208 g/mol. The van der Waals surface area contributed by atoms with E-state index in [-0.39, 0.29) is 13.5 Å². The smallest absolute Gasteiger partial charge is 0.116 e. The first kappa shape index (κ1) is 11.0. The van der Waals surface area contributed by atoms with E-state index >= 15 is 0 Å². The van der Waals surface area contributed by atoms with E-state index in [4.69, 9.17) is 10.2 Å². The quantitative estimate of drug-likeness (QED) is 0.706. The summed E-state index contributed by atoms with van der Waals surface area (Å²) in [5.74, 6) is 0. The summed E-state index contributed by atoms with van der Waals surface area (Å²) in [5, 5.41) is 26.0. The number of hydrogen-bond acceptors (Lipinski definition) is 5. The second kappa shape index (κ2) is 4.56. The molecule has 6 nitrogen and oxygen atoms in total. The molecule has 0 atom stereocenters. The highest BCUT2D eigenvalue weighted by Crippen LogP contribution is 2.14. The molecule has 1 heterocycles. The molecule has 1 aromatic heterocycles. The zero-order valence-electron chi connectivity index (χ0n) is 9.04. The van der Waals surface area contributed by atoms with Crippen molar-refractivity contribution in [3.63, 3.8) is 0 Å². The number of hydrogen-bond donors (Lipinski definition) is 2. The second-order valence-corrected chi connectivity index (χ2v) is 3.63. The SMILES string of the molecule is Cc1cccc2c1nnn2CN(CO)CO. The van der Waals surface area contributed by atoms with Gasteiger partial charge in [-0.3, -0.25) is 0 Å². The van der Waals surface area contributed by atoms with E-state index in [0.717, 1.165) is 16.6 Å². The Morgan fingerprint density at radius 1 is 1.31 bits per heavy atom. The molecule has 0 aliphatic heterocycles. The third kappa shape index (κ3) is 1.90. The molecule has 86 valence electrons. The molecule has 0 fully saturated rings. The van der Waals surface area contributed by atoms with Gasteiger partial charge >= 0.3 is 0 Å². The van der Waals surface area contributed by atoms with Crippen molar-refractivity contribution in [1.82, 2.24) is 19.9 Å². The topological polar surface area (TPSA) is 74.4 Å². The molecule has 0 aliphatic carbocycles. The highest BCUT2D eigenvalue weighted by atomic mass is 16.3. The number of rotatable bonds is 4. The molecule has 1 aromatic carbocycles. The van der Waals surface area contributed by atoms with E-state index in [1.54, 1.807) is 4.68 Å². The van der Waals surface area contributed by atoms with Crippen LogP contribution in [-0.2, 0) is 6.67 Å². The van der Waals surface area contributed by atoms with Crippen LogP contribution in [0.15, 0.2) is 18.2 Å². The van der Waals surface area contributed by atoms with Gasteiger partial charge in [0.1, 0.15) is 5.52 Å². The monoisotopic (exact) mass is 222 g/mol. The van der Waals surface area contributed by atoms with Crippen LogP contribution in [0.4, 0.5) is 0 Å². The van der Waals surface area contributed by atoms with Gasteiger partial charge in [0.2, 0.25) is 0 Å². The molecule has 2 aromatic rings. The van der Waals surface area contributed by atoms with Gasteiger partial charge < -0.3 is 10.2 Å². The Morgan fingerprint density at radius 2 is 2.06 bits per heavy atom. The minimum atomic E-state index is -0.219. The van der Waals surface area contributed by atoms with E-state index in [0.29, 0.717) is 6.67 Å². The Morgan fingerprint density at radius 3 is 2.75 bits per heavy atom. The molecule has 0 saturated carbocycles. The van der Waals surface area contributed by atoms with Crippen LogP contribution in [0.5, 0.6) is 0 Å². The maximum atomic E-state index is 8.96. The van der Waals surface area contributed by atoms with Crippen LogP contribution >= 0.6 is 0 Å². The van der Waals surface area contributed by atoms with Crippen molar-refractivity contribution in [1.29, 1.82) is 0 Å². The fourth-order valence-electron chi connectivity index (χ4n) is 1.56. The van der Waals surface area contributed by atoms with Gasteiger partial charge in [0.05, 0.1) is 25.6 Å². The Hall–Kier alpha value is -1.50. The van der Waals surface area contributed by atoms with E-state index < -0.39 is 0 Å². The summed E-state index contributed by atoms with van der Waals surface area (Å²) in [7, 11) is 0. The van der Waals surface area contributed by atoms with Crippen LogP contribution < -0.4 is 0 Å². The number of aliphatic hydroxyl groups excluding tert-OH is 2. The standard InChI is InChI=1S/C10H14N4O2/c1-8-3-2-4-9-10(8)11-12-14(9)5-13(6-15)7-16/h2-4,15-16H,5-7H2,1H3. The first-order valence-electron chi connectivity index (χ1n) is 4.99. The van der Waals surface area contributed by atoms with Gasteiger partial charge in [-0.15, -0.1) is 5.10 Å². The summed E-state index contributed by atoms with van der Waals surface area (Å²) >= 11 is 0. The zero-order chi connectivity index (χ0) is 11.5. The van der Waals surface area contributed by atoms with Crippen LogP contribution in [-0.4, -0.2) is 43.6 Å². The average Bonchev–Trinajstić information content (AvgIpc) is 2.71. The molecule has 2 rings (SSSR count). The molecule has 0 unspecified atom stereocenters. The van der Waals surface area contributed by atoms with Crippen molar-refractivity contribution >= 4 is 11.0 Å². The Kier molecular flexibility index (Phi) is 3.14. The Labute approximate surface area is 92.7 Å².